The smallest absolute Gasteiger partial charge is 0.191 e. The summed E-state index contributed by atoms with van der Waals surface area (Å²) in [6.07, 6.45) is 0.0648. The number of ether oxygens (including phenoxy) is 1. The van der Waals surface area contributed by atoms with Gasteiger partial charge >= 0.3 is 0 Å². The van der Waals surface area contributed by atoms with Gasteiger partial charge in [-0.25, -0.2) is 0 Å². The van der Waals surface area contributed by atoms with Crippen molar-refractivity contribution >= 4 is 17.6 Å². The molecule has 0 bridgehead atoms. The molecule has 0 saturated carbocycles. The summed E-state index contributed by atoms with van der Waals surface area (Å²) >= 11 is 6.12. The van der Waals surface area contributed by atoms with Crippen LogP contribution in [0.1, 0.15) is 24.2 Å². The monoisotopic (exact) mass is 375 g/mol. The third-order valence-electron chi connectivity index (χ3n) is 3.91. The third kappa shape index (κ3) is 5.93. The molecule has 6 heteroatoms. The van der Waals surface area contributed by atoms with E-state index in [0.717, 1.165) is 24.3 Å². The first-order valence-electron chi connectivity index (χ1n) is 8.72. The molecule has 2 rings (SSSR count). The topological polar surface area (TPSA) is 65.9 Å². The van der Waals surface area contributed by atoms with Crippen LogP contribution >= 0.6 is 11.6 Å². The Morgan fingerprint density at radius 3 is 2.62 bits per heavy atom. The Morgan fingerprint density at radius 2 is 1.88 bits per heavy atom. The number of aliphatic hydroxyl groups excluding tert-OH is 1. The minimum Gasteiger partial charge on any atom is -0.496 e. The first-order chi connectivity index (χ1) is 12.7. The van der Waals surface area contributed by atoms with Crippen molar-refractivity contribution in [2.24, 2.45) is 4.99 Å². The van der Waals surface area contributed by atoms with Crippen LogP contribution in [0.4, 0.5) is 0 Å². The lowest BCUT2D eigenvalue weighted by molar-refractivity contribution is 0.187. The Bertz CT molecular complexity index is 722. The van der Waals surface area contributed by atoms with E-state index in [-0.39, 0.29) is 6.54 Å². The summed E-state index contributed by atoms with van der Waals surface area (Å²) in [5.74, 6) is 1.54. The van der Waals surface area contributed by atoms with Crippen LogP contribution in [0, 0.1) is 0 Å². The molecular formula is C20H26ClN3O2. The fourth-order valence-electron chi connectivity index (χ4n) is 2.59. The first-order valence-corrected chi connectivity index (χ1v) is 9.10. The lowest BCUT2D eigenvalue weighted by atomic mass is 10.1. The van der Waals surface area contributed by atoms with Gasteiger partial charge < -0.3 is 20.5 Å². The van der Waals surface area contributed by atoms with Crippen molar-refractivity contribution in [1.82, 2.24) is 10.6 Å². The molecule has 2 aromatic rings. The number of hydrogen-bond donors (Lipinski definition) is 3. The molecule has 140 valence electrons. The van der Waals surface area contributed by atoms with Crippen LogP contribution in [0.25, 0.3) is 0 Å². The second kappa shape index (κ2) is 10.7. The summed E-state index contributed by atoms with van der Waals surface area (Å²) in [6.45, 7) is 3.67. The van der Waals surface area contributed by atoms with Gasteiger partial charge in [-0.3, -0.25) is 4.99 Å². The molecule has 2 aromatic carbocycles. The van der Waals surface area contributed by atoms with E-state index in [1.54, 1.807) is 13.2 Å². The van der Waals surface area contributed by atoms with E-state index in [1.165, 1.54) is 0 Å². The van der Waals surface area contributed by atoms with E-state index < -0.39 is 6.10 Å². The van der Waals surface area contributed by atoms with Gasteiger partial charge in [-0.1, -0.05) is 48.0 Å². The van der Waals surface area contributed by atoms with E-state index >= 15 is 0 Å². The Hall–Kier alpha value is -2.24. The minimum absolute atomic E-state index is 0.230. The van der Waals surface area contributed by atoms with E-state index in [0.29, 0.717) is 23.1 Å². The summed E-state index contributed by atoms with van der Waals surface area (Å²) in [5, 5.41) is 17.3. The summed E-state index contributed by atoms with van der Waals surface area (Å²) in [7, 11) is 1.67. The van der Waals surface area contributed by atoms with Gasteiger partial charge in [0.25, 0.3) is 0 Å². The predicted octanol–water partition coefficient (Wildman–Crippen LogP) is 3.18. The van der Waals surface area contributed by atoms with Crippen LogP contribution in [0.3, 0.4) is 0 Å². The maximum Gasteiger partial charge on any atom is 0.191 e. The fraction of sp³-hybridized carbons (Fsp3) is 0.350. The number of rotatable bonds is 8. The number of nitrogens with one attached hydrogen (secondary N) is 2. The maximum absolute atomic E-state index is 10.3. The van der Waals surface area contributed by atoms with Gasteiger partial charge in [-0.15, -0.1) is 0 Å². The maximum atomic E-state index is 10.3. The van der Waals surface area contributed by atoms with E-state index in [9.17, 15) is 5.11 Å². The number of hydrogen-bond acceptors (Lipinski definition) is 3. The normalized spacial score (nSPS) is 12.5. The van der Waals surface area contributed by atoms with Gasteiger partial charge in [0.1, 0.15) is 11.9 Å². The Morgan fingerprint density at radius 1 is 1.15 bits per heavy atom. The van der Waals surface area contributed by atoms with E-state index in [4.69, 9.17) is 16.3 Å². The fourth-order valence-corrected chi connectivity index (χ4v) is 2.85. The number of aliphatic imine (C=N–C) groups is 1. The molecule has 0 aliphatic carbocycles. The van der Waals surface area contributed by atoms with Crippen molar-refractivity contribution in [3.63, 3.8) is 0 Å². The average Bonchev–Trinajstić information content (AvgIpc) is 2.66. The van der Waals surface area contributed by atoms with Crippen LogP contribution < -0.4 is 15.4 Å². The van der Waals surface area contributed by atoms with Gasteiger partial charge in [-0.2, -0.15) is 0 Å². The number of halogens is 1. The summed E-state index contributed by atoms with van der Waals surface area (Å²) in [6, 6.07) is 15.2. The largest absolute Gasteiger partial charge is 0.496 e. The highest BCUT2D eigenvalue weighted by Crippen LogP contribution is 2.22. The summed E-state index contributed by atoms with van der Waals surface area (Å²) < 4.78 is 5.37. The number of para-hydroxylation sites is 1. The zero-order chi connectivity index (χ0) is 18.8. The van der Waals surface area contributed by atoms with Gasteiger partial charge in [0.2, 0.25) is 0 Å². The first kappa shape index (κ1) is 20.1. The van der Waals surface area contributed by atoms with Gasteiger partial charge in [0.15, 0.2) is 5.96 Å². The molecule has 26 heavy (non-hydrogen) atoms. The minimum atomic E-state index is -0.742. The second-order valence-corrected chi connectivity index (χ2v) is 6.15. The standard InChI is InChI=1S/C20H26ClN3O2/c1-3-22-20(23-13-12-15-8-4-7-11-19(15)26-2)24-14-18(25)16-9-5-6-10-17(16)21/h4-11,18,25H,3,12-14H2,1-2H3,(H2,22,23,24). The van der Waals surface area contributed by atoms with E-state index in [2.05, 4.69) is 15.6 Å². The van der Waals surface area contributed by atoms with Crippen LogP contribution in [0.15, 0.2) is 53.5 Å². The number of guanidine groups is 1. The van der Waals surface area contributed by atoms with Crippen LogP contribution in [-0.4, -0.2) is 37.8 Å². The zero-order valence-electron chi connectivity index (χ0n) is 15.2. The zero-order valence-corrected chi connectivity index (χ0v) is 16.0. The highest BCUT2D eigenvalue weighted by atomic mass is 35.5. The molecule has 0 aliphatic heterocycles. The predicted molar refractivity (Wildman–Crippen MR) is 107 cm³/mol. The highest BCUT2D eigenvalue weighted by Gasteiger charge is 2.11. The van der Waals surface area contributed by atoms with Crippen molar-refractivity contribution in [1.29, 1.82) is 0 Å². The molecule has 0 saturated heterocycles. The van der Waals surface area contributed by atoms with Crippen molar-refractivity contribution in [3.8, 4) is 5.75 Å². The van der Waals surface area contributed by atoms with Gasteiger partial charge in [0.05, 0.1) is 13.7 Å². The molecule has 0 fully saturated rings. The van der Waals surface area contributed by atoms with Crippen molar-refractivity contribution in [2.75, 3.05) is 26.7 Å². The van der Waals surface area contributed by atoms with Crippen molar-refractivity contribution in [2.45, 2.75) is 19.4 Å². The third-order valence-corrected chi connectivity index (χ3v) is 4.25. The molecule has 0 spiro atoms. The Balaban J connectivity index is 1.93. The number of nitrogens with zero attached hydrogens (tertiary/aromatic N) is 1. The number of benzene rings is 2. The quantitative estimate of drug-likeness (QED) is 0.489. The Labute approximate surface area is 160 Å². The Kier molecular flexibility index (Phi) is 8.25. The molecule has 1 atom stereocenters. The molecule has 0 amide bonds. The SMILES string of the molecule is CCNC(=NCC(O)c1ccccc1Cl)NCCc1ccccc1OC. The van der Waals surface area contributed by atoms with Crippen LogP contribution in [0.2, 0.25) is 5.02 Å². The van der Waals surface area contributed by atoms with E-state index in [1.807, 2.05) is 49.4 Å². The molecule has 0 heterocycles. The van der Waals surface area contributed by atoms with Crippen LogP contribution in [-0.2, 0) is 6.42 Å². The van der Waals surface area contributed by atoms with Crippen molar-refractivity contribution in [3.05, 3.63) is 64.7 Å². The van der Waals surface area contributed by atoms with Gasteiger partial charge in [-0.05, 0) is 31.0 Å². The number of aliphatic hydroxyl groups is 1. The molecule has 0 radical (unpaired) electrons. The average molecular weight is 376 g/mol. The lowest BCUT2D eigenvalue weighted by Gasteiger charge is -2.14. The molecule has 3 N–H and O–H groups in total. The van der Waals surface area contributed by atoms with Gasteiger partial charge in [0, 0.05) is 23.7 Å². The molecule has 0 aromatic heterocycles. The summed E-state index contributed by atoms with van der Waals surface area (Å²) in [5.41, 5.74) is 1.82. The molecular weight excluding hydrogens is 350 g/mol. The summed E-state index contributed by atoms with van der Waals surface area (Å²) in [4.78, 5) is 4.46. The second-order valence-electron chi connectivity index (χ2n) is 5.75. The molecule has 0 aliphatic rings. The molecule has 5 nitrogen and oxygen atoms in total. The van der Waals surface area contributed by atoms with Crippen molar-refractivity contribution < 1.29 is 9.84 Å². The number of methoxy groups -OCH3 is 1. The highest BCUT2D eigenvalue weighted by molar-refractivity contribution is 6.31. The van der Waals surface area contributed by atoms with Crippen LogP contribution in [0.5, 0.6) is 5.75 Å². The lowest BCUT2D eigenvalue weighted by Crippen LogP contribution is -2.38. The molecule has 1 unspecified atom stereocenters.